The molecule has 6 aromatic rings. The Labute approximate surface area is 706 Å². The minimum atomic E-state index is -0.400. The van der Waals surface area contributed by atoms with Crippen LogP contribution in [-0.4, -0.2) is 50.3 Å². The van der Waals surface area contributed by atoms with Gasteiger partial charge in [0, 0.05) is 59.7 Å². The van der Waals surface area contributed by atoms with Crippen LogP contribution >= 0.6 is 0 Å². The van der Waals surface area contributed by atoms with Crippen LogP contribution in [-0.2, 0) is 45.1 Å². The number of hydrogen-bond acceptors (Lipinski definition) is 8. The van der Waals surface area contributed by atoms with E-state index in [9.17, 15) is 19.2 Å². The number of esters is 4. The second-order valence-electron chi connectivity index (χ2n) is 33.9. The van der Waals surface area contributed by atoms with Gasteiger partial charge in [0.05, 0.1) is 48.7 Å². The average Bonchev–Trinajstić information content (AvgIpc) is 0.830. The van der Waals surface area contributed by atoms with Crippen LogP contribution in [0.15, 0.2) is 135 Å². The van der Waals surface area contributed by atoms with Gasteiger partial charge in [-0.05, 0) is 84.3 Å². The molecule has 0 aliphatic carbocycles. The first-order valence-electron chi connectivity index (χ1n) is 48.1. The molecule has 0 bridgehead atoms. The Morgan fingerprint density at radius 3 is 0.534 bits per heavy atom. The van der Waals surface area contributed by atoms with E-state index in [4.69, 9.17) is 18.9 Å². The predicted molar refractivity (Wildman–Crippen MR) is 478 cm³/mol. The molecule has 642 valence electrons. The lowest BCUT2D eigenvalue weighted by atomic mass is 10.0. The summed E-state index contributed by atoms with van der Waals surface area (Å²) < 4.78 is 32.0. The van der Waals surface area contributed by atoms with E-state index >= 15 is 0 Å². The Hall–Kier alpha value is -7.08. The number of carbonyl (C=O) groups excluding carboxylic acids is 4. The lowest BCUT2D eigenvalue weighted by molar-refractivity contribution is -0.778. The van der Waals surface area contributed by atoms with Crippen molar-refractivity contribution >= 4 is 23.9 Å². The lowest BCUT2D eigenvalue weighted by Gasteiger charge is -2.10. The van der Waals surface area contributed by atoms with Crippen molar-refractivity contribution in [2.24, 2.45) is 0 Å². The third kappa shape index (κ3) is 45.8. The van der Waals surface area contributed by atoms with Crippen molar-refractivity contribution in [3.8, 4) is 22.3 Å². The van der Waals surface area contributed by atoms with Crippen LogP contribution in [0.25, 0.3) is 22.3 Å². The summed E-state index contributed by atoms with van der Waals surface area (Å²) in [6.07, 6.45) is 87.7. The average molecular weight is 1600 g/mol. The molecule has 0 saturated heterocycles. The summed E-state index contributed by atoms with van der Waals surface area (Å²) in [5.74, 6) is -1.60. The lowest BCUT2D eigenvalue weighted by Crippen LogP contribution is -2.43. The standard InChI is InChI=1S/C104H162N4O8/c1-5-9-13-17-21-25-29-33-37-41-45-49-53-57-79-113-101(109)97-83-91(84-98(87-97)102(110)114-80-58-54-50-46-42-38-34-30-26-22-18-14-10-6-2)89-107-73-65-95(66-74-107)93-61-69-105(70-62-93)77-78-106-71-63-94(64-72-106)96-67-75-108(76-68-96)90-92-85-99(103(111)115-81-59-55-51-47-43-39-35-31-27-23-19-15-11-7-3)88-100(86-92)104(112)116-82-60-56-52-48-44-40-36-32-28-24-20-16-12-8-4/h61-76,83-88H,5-60,77-82,89-90H2,1-4H3/q+4. The highest BCUT2D eigenvalue weighted by Crippen LogP contribution is 2.24. The number of rotatable bonds is 73. The second kappa shape index (κ2) is 65.8. The van der Waals surface area contributed by atoms with Gasteiger partial charge in [0.1, 0.15) is 0 Å². The van der Waals surface area contributed by atoms with Crippen LogP contribution in [0, 0.1) is 0 Å². The third-order valence-corrected chi connectivity index (χ3v) is 23.4. The van der Waals surface area contributed by atoms with Crippen LogP contribution in [0.2, 0.25) is 0 Å². The van der Waals surface area contributed by atoms with E-state index in [1.54, 1.807) is 12.1 Å². The smallest absolute Gasteiger partial charge is 0.338 e. The Balaban J connectivity index is 0.965. The molecular weight excluding hydrogens is 1430 g/mol. The molecule has 0 unspecified atom stereocenters. The van der Waals surface area contributed by atoms with Crippen molar-refractivity contribution in [1.82, 2.24) is 0 Å². The van der Waals surface area contributed by atoms with E-state index in [2.05, 4.69) is 144 Å². The van der Waals surface area contributed by atoms with Crippen molar-refractivity contribution in [3.05, 3.63) is 168 Å². The van der Waals surface area contributed by atoms with Crippen molar-refractivity contribution < 1.29 is 56.4 Å². The number of benzene rings is 2. The third-order valence-electron chi connectivity index (χ3n) is 23.4. The topological polar surface area (TPSA) is 121 Å². The van der Waals surface area contributed by atoms with Crippen molar-refractivity contribution in [3.63, 3.8) is 0 Å². The summed E-state index contributed by atoms with van der Waals surface area (Å²) in [4.78, 5) is 54.7. The highest BCUT2D eigenvalue weighted by molar-refractivity contribution is 5.96. The number of ether oxygens (including phenoxy) is 4. The van der Waals surface area contributed by atoms with E-state index < -0.39 is 23.9 Å². The van der Waals surface area contributed by atoms with Gasteiger partial charge in [-0.15, -0.1) is 0 Å². The number of hydrogen-bond donors (Lipinski definition) is 0. The molecule has 2 aromatic carbocycles. The van der Waals surface area contributed by atoms with E-state index in [0.717, 1.165) is 124 Å². The van der Waals surface area contributed by atoms with Gasteiger partial charge in [-0.25, -0.2) is 28.3 Å². The molecule has 0 aliphatic heterocycles. The van der Waals surface area contributed by atoms with Crippen molar-refractivity contribution in [2.75, 3.05) is 26.4 Å². The minimum Gasteiger partial charge on any atom is -0.462 e. The molecule has 6 rings (SSSR count). The number of aryl methyl sites for hydroxylation is 2. The normalized spacial score (nSPS) is 11.4. The minimum absolute atomic E-state index is 0.368. The fourth-order valence-electron chi connectivity index (χ4n) is 16.0. The van der Waals surface area contributed by atoms with Crippen molar-refractivity contribution in [1.29, 1.82) is 0 Å². The highest BCUT2D eigenvalue weighted by Gasteiger charge is 2.21. The zero-order valence-corrected chi connectivity index (χ0v) is 74.0. The maximum atomic E-state index is 13.7. The van der Waals surface area contributed by atoms with Gasteiger partial charge in [-0.1, -0.05) is 362 Å². The second-order valence-corrected chi connectivity index (χ2v) is 33.9. The van der Waals surface area contributed by atoms with E-state index in [-0.39, 0.29) is 0 Å². The van der Waals surface area contributed by atoms with Gasteiger partial charge >= 0.3 is 23.9 Å². The largest absolute Gasteiger partial charge is 0.462 e. The summed E-state index contributed by atoms with van der Waals surface area (Å²) in [5, 5.41) is 0. The fraction of sp³-hybridized carbons (Fsp3) is 0.654. The van der Waals surface area contributed by atoms with Gasteiger partial charge in [0.15, 0.2) is 62.7 Å². The molecule has 0 amide bonds. The van der Waals surface area contributed by atoms with Crippen LogP contribution < -0.4 is 18.3 Å². The van der Waals surface area contributed by atoms with Gasteiger partial charge in [-0.3, -0.25) is 0 Å². The summed E-state index contributed by atoms with van der Waals surface area (Å²) >= 11 is 0. The number of pyridine rings is 4. The van der Waals surface area contributed by atoms with Gasteiger partial charge in [-0.2, -0.15) is 9.13 Å². The first-order valence-corrected chi connectivity index (χ1v) is 48.1. The molecule has 0 saturated carbocycles. The number of unbranched alkanes of at least 4 members (excludes halogenated alkanes) is 52. The number of aromatic nitrogens is 4. The number of carbonyl (C=O) groups is 4. The monoisotopic (exact) mass is 1600 g/mol. The quantitative estimate of drug-likeness (QED) is 0.0160. The van der Waals surface area contributed by atoms with E-state index in [1.807, 2.05) is 24.3 Å². The summed E-state index contributed by atoms with van der Waals surface area (Å²) in [7, 11) is 0. The van der Waals surface area contributed by atoms with Gasteiger partial charge < -0.3 is 18.9 Å². The first-order chi connectivity index (χ1) is 57.2. The van der Waals surface area contributed by atoms with Crippen LogP contribution in [0.1, 0.15) is 440 Å². The van der Waals surface area contributed by atoms with E-state index in [1.165, 1.54) is 283 Å². The Morgan fingerprint density at radius 1 is 0.207 bits per heavy atom. The Kier molecular flexibility index (Phi) is 55.5. The molecule has 0 atom stereocenters. The van der Waals surface area contributed by atoms with Crippen molar-refractivity contribution in [2.45, 2.75) is 413 Å². The summed E-state index contributed by atoms with van der Waals surface area (Å²) in [5.41, 5.74) is 7.59. The Morgan fingerprint density at radius 2 is 0.362 bits per heavy atom. The zero-order chi connectivity index (χ0) is 82.0. The Bertz CT molecular complexity index is 3110. The molecule has 4 aromatic heterocycles. The summed E-state index contributed by atoms with van der Waals surface area (Å²) in [6, 6.07) is 27.8. The molecule has 0 aliphatic rings. The molecule has 12 heteroatoms. The molecule has 0 fully saturated rings. The van der Waals surface area contributed by atoms with Crippen LogP contribution in [0.4, 0.5) is 0 Å². The SMILES string of the molecule is CCCCCCCCCCCCCCCCOC(=O)c1cc(C[n+]2ccc(-c3cc[n+](CC[n+]4ccc(-c5cc[n+](Cc6cc(C(=O)OCCCCCCCCCCCCCCCC)cc(C(=O)OCCCCCCCCCCCCCCCC)c6)cc5)cc4)cc3)cc2)cc(C(=O)OCCCCCCCCCCCCCCCC)c1. The van der Waals surface area contributed by atoms with Gasteiger partial charge in [0.25, 0.3) is 0 Å². The fourth-order valence-corrected chi connectivity index (χ4v) is 16.0. The van der Waals surface area contributed by atoms with Gasteiger partial charge in [0.2, 0.25) is 13.1 Å². The molecule has 0 N–H and O–H groups in total. The molecule has 0 spiro atoms. The molecule has 116 heavy (non-hydrogen) atoms. The molecule has 0 radical (unpaired) electrons. The zero-order valence-electron chi connectivity index (χ0n) is 74.0. The van der Waals surface area contributed by atoms with Crippen LogP contribution in [0.3, 0.4) is 0 Å². The highest BCUT2D eigenvalue weighted by atomic mass is 16.5. The summed E-state index contributed by atoms with van der Waals surface area (Å²) in [6.45, 7) is 13.1. The first kappa shape index (κ1) is 97.7. The molecule has 12 nitrogen and oxygen atoms in total. The number of nitrogens with zero attached hydrogens (tertiary/aromatic N) is 4. The predicted octanol–water partition coefficient (Wildman–Crippen LogP) is 27.5. The maximum absolute atomic E-state index is 13.7. The van der Waals surface area contributed by atoms with Crippen LogP contribution in [0.5, 0.6) is 0 Å². The maximum Gasteiger partial charge on any atom is 0.338 e. The van der Waals surface area contributed by atoms with E-state index in [0.29, 0.717) is 61.8 Å². The molecule has 4 heterocycles. The molecular formula is C104H162N4O8+4.